The number of carbonyl (C=O) groups excluding carboxylic acids is 1. The number of nitro benzene ring substituents is 1. The Morgan fingerprint density at radius 3 is 2.27 bits per heavy atom. The molecule has 1 N–H and O–H groups in total. The average Bonchev–Trinajstić information content (AvgIpc) is 2.49. The van der Waals surface area contributed by atoms with Crippen molar-refractivity contribution >= 4 is 23.0 Å². The fraction of sp³-hybridized carbons (Fsp3) is 0.188. The number of non-ortho nitro benzene ring substituents is 1. The summed E-state index contributed by atoms with van der Waals surface area (Å²) in [6.07, 6.45) is 0. The number of anilines is 2. The number of amides is 1. The molecule has 0 heterocycles. The molecule has 0 aliphatic carbocycles. The summed E-state index contributed by atoms with van der Waals surface area (Å²) in [6.45, 7) is 2.14. The van der Waals surface area contributed by atoms with Crippen LogP contribution < -0.4 is 10.2 Å². The lowest BCUT2D eigenvalue weighted by Crippen LogP contribution is -2.29. The Labute approximate surface area is 128 Å². The van der Waals surface area contributed by atoms with Crippen LogP contribution in [0.2, 0.25) is 0 Å². The summed E-state index contributed by atoms with van der Waals surface area (Å²) in [7, 11) is 1.76. The smallest absolute Gasteiger partial charge is 0.269 e. The molecule has 0 aliphatic rings. The summed E-state index contributed by atoms with van der Waals surface area (Å²) in [4.78, 5) is 23.9. The zero-order chi connectivity index (χ0) is 16.1. The molecule has 0 fully saturated rings. The monoisotopic (exact) mass is 299 g/mol. The molecule has 0 saturated heterocycles. The minimum absolute atomic E-state index is 0.0289. The molecule has 2 aromatic rings. The van der Waals surface area contributed by atoms with Crippen molar-refractivity contribution in [2.75, 3.05) is 23.8 Å². The highest BCUT2D eigenvalue weighted by Gasteiger charge is 2.10. The third-order valence-electron chi connectivity index (χ3n) is 3.22. The zero-order valence-corrected chi connectivity index (χ0v) is 12.4. The van der Waals surface area contributed by atoms with Crippen molar-refractivity contribution in [3.63, 3.8) is 0 Å². The maximum Gasteiger partial charge on any atom is 0.269 e. The lowest BCUT2D eigenvalue weighted by Gasteiger charge is -2.18. The van der Waals surface area contributed by atoms with Crippen LogP contribution in [-0.2, 0) is 4.79 Å². The highest BCUT2D eigenvalue weighted by Crippen LogP contribution is 2.18. The molecule has 1 amide bonds. The van der Waals surface area contributed by atoms with Gasteiger partial charge in [0.2, 0.25) is 5.91 Å². The molecule has 0 spiro atoms. The number of nitrogens with zero attached hydrogens (tertiary/aromatic N) is 2. The van der Waals surface area contributed by atoms with E-state index in [1.165, 1.54) is 12.1 Å². The third-order valence-corrected chi connectivity index (χ3v) is 3.22. The van der Waals surface area contributed by atoms with E-state index in [4.69, 9.17) is 0 Å². The van der Waals surface area contributed by atoms with E-state index in [2.05, 4.69) is 5.32 Å². The number of rotatable bonds is 5. The van der Waals surface area contributed by atoms with Gasteiger partial charge in [-0.15, -0.1) is 0 Å². The Balaban J connectivity index is 1.95. The molecule has 0 aromatic heterocycles. The molecule has 0 radical (unpaired) electrons. The summed E-state index contributed by atoms with van der Waals surface area (Å²) in [5.74, 6) is -0.148. The molecule has 6 heteroatoms. The number of hydrogen-bond acceptors (Lipinski definition) is 4. The standard InChI is InChI=1S/C16H17N3O3/c1-12-3-5-13(6-4-12)17-16(20)11-18(2)14-7-9-15(10-8-14)19(21)22/h3-10H,11H2,1-2H3,(H,17,20). The highest BCUT2D eigenvalue weighted by atomic mass is 16.6. The van der Waals surface area contributed by atoms with E-state index >= 15 is 0 Å². The summed E-state index contributed by atoms with van der Waals surface area (Å²) < 4.78 is 0. The first-order valence-electron chi connectivity index (χ1n) is 6.78. The molecule has 6 nitrogen and oxygen atoms in total. The van der Waals surface area contributed by atoms with Crippen LogP contribution in [0.3, 0.4) is 0 Å². The van der Waals surface area contributed by atoms with Gasteiger partial charge in [-0.05, 0) is 31.2 Å². The van der Waals surface area contributed by atoms with Gasteiger partial charge in [0.05, 0.1) is 11.5 Å². The van der Waals surface area contributed by atoms with Gasteiger partial charge >= 0.3 is 0 Å². The van der Waals surface area contributed by atoms with Crippen molar-refractivity contribution in [1.29, 1.82) is 0 Å². The molecule has 0 bridgehead atoms. The lowest BCUT2D eigenvalue weighted by atomic mass is 10.2. The summed E-state index contributed by atoms with van der Waals surface area (Å²) in [5, 5.41) is 13.4. The Morgan fingerprint density at radius 2 is 1.73 bits per heavy atom. The normalized spacial score (nSPS) is 10.1. The highest BCUT2D eigenvalue weighted by molar-refractivity contribution is 5.94. The summed E-state index contributed by atoms with van der Waals surface area (Å²) >= 11 is 0. The molecular formula is C16H17N3O3. The van der Waals surface area contributed by atoms with Gasteiger partial charge in [0.1, 0.15) is 0 Å². The largest absolute Gasteiger partial charge is 0.365 e. The van der Waals surface area contributed by atoms with Crippen LogP contribution in [0.1, 0.15) is 5.56 Å². The number of likely N-dealkylation sites (N-methyl/N-ethyl adjacent to an activating group) is 1. The van der Waals surface area contributed by atoms with Crippen molar-refractivity contribution in [3.05, 3.63) is 64.2 Å². The minimum atomic E-state index is -0.451. The summed E-state index contributed by atoms with van der Waals surface area (Å²) in [6, 6.07) is 13.6. The second kappa shape index (κ2) is 6.71. The van der Waals surface area contributed by atoms with E-state index in [0.717, 1.165) is 16.9 Å². The Kier molecular flexibility index (Phi) is 4.73. The van der Waals surface area contributed by atoms with Crippen LogP contribution in [0.25, 0.3) is 0 Å². The Hall–Kier alpha value is -2.89. The van der Waals surface area contributed by atoms with Crippen LogP contribution in [0.4, 0.5) is 17.1 Å². The van der Waals surface area contributed by atoms with Gasteiger partial charge in [0.15, 0.2) is 0 Å². The zero-order valence-electron chi connectivity index (χ0n) is 12.4. The minimum Gasteiger partial charge on any atom is -0.365 e. The van der Waals surface area contributed by atoms with Crippen molar-refractivity contribution in [3.8, 4) is 0 Å². The van der Waals surface area contributed by atoms with E-state index in [9.17, 15) is 14.9 Å². The maximum absolute atomic E-state index is 12.0. The number of benzene rings is 2. The van der Waals surface area contributed by atoms with Crippen LogP contribution in [0.15, 0.2) is 48.5 Å². The van der Waals surface area contributed by atoms with Crippen LogP contribution >= 0.6 is 0 Å². The molecule has 0 unspecified atom stereocenters. The fourth-order valence-corrected chi connectivity index (χ4v) is 1.97. The van der Waals surface area contributed by atoms with Gasteiger partial charge in [0, 0.05) is 30.6 Å². The van der Waals surface area contributed by atoms with Crippen LogP contribution in [-0.4, -0.2) is 24.4 Å². The molecule has 2 rings (SSSR count). The topological polar surface area (TPSA) is 75.5 Å². The number of nitro groups is 1. The second-order valence-electron chi connectivity index (χ2n) is 5.04. The van der Waals surface area contributed by atoms with Gasteiger partial charge < -0.3 is 10.2 Å². The predicted molar refractivity (Wildman–Crippen MR) is 86.2 cm³/mol. The van der Waals surface area contributed by atoms with Crippen molar-refractivity contribution in [2.24, 2.45) is 0 Å². The van der Waals surface area contributed by atoms with E-state index in [0.29, 0.717) is 0 Å². The number of aryl methyl sites for hydroxylation is 1. The Morgan fingerprint density at radius 1 is 1.14 bits per heavy atom. The number of nitrogens with one attached hydrogen (secondary N) is 1. The van der Waals surface area contributed by atoms with E-state index < -0.39 is 4.92 Å². The van der Waals surface area contributed by atoms with Crippen molar-refractivity contribution in [2.45, 2.75) is 6.92 Å². The van der Waals surface area contributed by atoms with Crippen LogP contribution in [0.5, 0.6) is 0 Å². The fourth-order valence-electron chi connectivity index (χ4n) is 1.97. The predicted octanol–water partition coefficient (Wildman–Crippen LogP) is 2.98. The Bertz CT molecular complexity index is 666. The molecule has 2 aromatic carbocycles. The third kappa shape index (κ3) is 4.05. The number of hydrogen-bond donors (Lipinski definition) is 1. The van der Waals surface area contributed by atoms with Gasteiger partial charge in [-0.25, -0.2) is 0 Å². The molecule has 0 atom stereocenters. The van der Waals surface area contributed by atoms with E-state index in [-0.39, 0.29) is 18.1 Å². The van der Waals surface area contributed by atoms with E-state index in [1.807, 2.05) is 31.2 Å². The molecular weight excluding hydrogens is 282 g/mol. The summed E-state index contributed by atoms with van der Waals surface area (Å²) in [5.41, 5.74) is 2.64. The quantitative estimate of drug-likeness (QED) is 0.680. The van der Waals surface area contributed by atoms with Gasteiger partial charge in [-0.3, -0.25) is 14.9 Å². The van der Waals surface area contributed by atoms with Gasteiger partial charge in [0.25, 0.3) is 5.69 Å². The molecule has 0 aliphatic heterocycles. The van der Waals surface area contributed by atoms with Crippen LogP contribution in [0, 0.1) is 17.0 Å². The SMILES string of the molecule is Cc1ccc(NC(=O)CN(C)c2ccc([N+](=O)[O-])cc2)cc1. The first kappa shape index (κ1) is 15.5. The second-order valence-corrected chi connectivity index (χ2v) is 5.04. The first-order valence-corrected chi connectivity index (χ1v) is 6.78. The molecule has 114 valence electrons. The van der Waals surface area contributed by atoms with E-state index in [1.54, 1.807) is 24.1 Å². The van der Waals surface area contributed by atoms with Gasteiger partial charge in [-0.2, -0.15) is 0 Å². The van der Waals surface area contributed by atoms with Gasteiger partial charge in [-0.1, -0.05) is 17.7 Å². The maximum atomic E-state index is 12.0. The average molecular weight is 299 g/mol. The first-order chi connectivity index (χ1) is 10.5. The number of carbonyl (C=O) groups is 1. The van der Waals surface area contributed by atoms with Crippen molar-refractivity contribution < 1.29 is 9.72 Å². The van der Waals surface area contributed by atoms with Crippen molar-refractivity contribution in [1.82, 2.24) is 0 Å². The lowest BCUT2D eigenvalue weighted by molar-refractivity contribution is -0.384. The molecule has 22 heavy (non-hydrogen) atoms. The molecule has 0 saturated carbocycles.